The van der Waals surface area contributed by atoms with Crippen LogP contribution in [-0.4, -0.2) is 23.1 Å². The number of carbonyl (C=O) groups is 1. The number of ether oxygens (including phenoxy) is 2. The Hall–Kier alpha value is -2.37. The van der Waals surface area contributed by atoms with Crippen LogP contribution in [0.4, 0.5) is 0 Å². The number of methoxy groups -OCH3 is 1. The Kier molecular flexibility index (Phi) is 2.90. The summed E-state index contributed by atoms with van der Waals surface area (Å²) in [5, 5.41) is 22.3. The van der Waals surface area contributed by atoms with E-state index >= 15 is 0 Å². The van der Waals surface area contributed by atoms with E-state index in [9.17, 15) is 15.0 Å². The largest absolute Gasteiger partial charge is 0.497 e. The van der Waals surface area contributed by atoms with Gasteiger partial charge < -0.3 is 19.7 Å². The summed E-state index contributed by atoms with van der Waals surface area (Å²) in [5.74, 6) is -1.64. The van der Waals surface area contributed by atoms with E-state index < -0.39 is 17.2 Å². The molecule has 124 valence electrons. The zero-order valence-electron chi connectivity index (χ0n) is 13.7. The molecular weight excluding hydrogens is 308 g/mol. The maximum absolute atomic E-state index is 12.9. The van der Waals surface area contributed by atoms with Crippen LogP contribution in [0.3, 0.4) is 0 Å². The summed E-state index contributed by atoms with van der Waals surface area (Å²) in [6, 6.07) is 9.96. The number of ketones is 1. The van der Waals surface area contributed by atoms with E-state index in [0.29, 0.717) is 11.5 Å². The van der Waals surface area contributed by atoms with Crippen molar-refractivity contribution in [1.29, 1.82) is 0 Å². The van der Waals surface area contributed by atoms with E-state index in [4.69, 9.17) is 9.47 Å². The lowest BCUT2D eigenvalue weighted by Gasteiger charge is -2.28. The third-order valence-corrected chi connectivity index (χ3v) is 4.98. The highest BCUT2D eigenvalue weighted by atomic mass is 16.7. The number of rotatable bonds is 2. The quantitative estimate of drug-likeness (QED) is 0.886. The van der Waals surface area contributed by atoms with Crippen molar-refractivity contribution in [3.63, 3.8) is 0 Å². The lowest BCUT2D eigenvalue weighted by Crippen LogP contribution is -2.48. The number of benzene rings is 2. The van der Waals surface area contributed by atoms with Crippen molar-refractivity contribution in [3.05, 3.63) is 58.7 Å². The zero-order valence-corrected chi connectivity index (χ0v) is 13.7. The van der Waals surface area contributed by atoms with Gasteiger partial charge in [-0.15, -0.1) is 0 Å². The molecule has 5 heteroatoms. The monoisotopic (exact) mass is 326 g/mol. The predicted molar refractivity (Wildman–Crippen MR) is 86.3 cm³/mol. The second-order valence-corrected chi connectivity index (χ2v) is 6.61. The van der Waals surface area contributed by atoms with Gasteiger partial charge in [-0.3, -0.25) is 4.79 Å². The van der Waals surface area contributed by atoms with Gasteiger partial charge in [0.15, 0.2) is 0 Å². The normalized spacial score (nSPS) is 26.8. The molecule has 2 aromatic carbocycles. The first-order chi connectivity index (χ1) is 11.3. The average molecular weight is 326 g/mol. The minimum Gasteiger partial charge on any atom is -0.497 e. The smallest absolute Gasteiger partial charge is 0.276 e. The Morgan fingerprint density at radius 3 is 2.46 bits per heavy atom. The highest BCUT2D eigenvalue weighted by Crippen LogP contribution is 2.58. The lowest BCUT2D eigenvalue weighted by molar-refractivity contribution is -0.224. The first-order valence-corrected chi connectivity index (χ1v) is 7.84. The van der Waals surface area contributed by atoms with E-state index in [1.54, 1.807) is 24.3 Å². The fourth-order valence-corrected chi connectivity index (χ4v) is 3.55. The Morgan fingerprint density at radius 1 is 1.08 bits per heavy atom. The van der Waals surface area contributed by atoms with Crippen LogP contribution in [0.15, 0.2) is 36.4 Å². The van der Waals surface area contributed by atoms with Gasteiger partial charge in [-0.1, -0.05) is 26.0 Å². The number of carbonyl (C=O) groups excluding carboxylic acids is 1. The maximum atomic E-state index is 12.9. The minimum atomic E-state index is -2.15. The van der Waals surface area contributed by atoms with Crippen LogP contribution in [0, 0.1) is 0 Å². The van der Waals surface area contributed by atoms with Gasteiger partial charge in [0.1, 0.15) is 11.5 Å². The lowest BCUT2D eigenvalue weighted by atomic mass is 9.86. The molecule has 2 N–H and O–H groups in total. The fraction of sp³-hybridized carbons (Fsp3) is 0.316. The van der Waals surface area contributed by atoms with Crippen LogP contribution in [0.1, 0.15) is 46.8 Å². The van der Waals surface area contributed by atoms with Crippen LogP contribution in [0.2, 0.25) is 0 Å². The first kappa shape index (κ1) is 15.2. The zero-order chi connectivity index (χ0) is 17.3. The van der Waals surface area contributed by atoms with Gasteiger partial charge in [-0.2, -0.15) is 0 Å². The van der Waals surface area contributed by atoms with Crippen molar-refractivity contribution in [1.82, 2.24) is 0 Å². The van der Waals surface area contributed by atoms with E-state index in [0.717, 1.165) is 5.56 Å². The van der Waals surface area contributed by atoms with Gasteiger partial charge in [-0.05, 0) is 35.7 Å². The van der Waals surface area contributed by atoms with E-state index in [-0.39, 0.29) is 22.6 Å². The van der Waals surface area contributed by atoms with Crippen LogP contribution in [0.25, 0.3) is 0 Å². The van der Waals surface area contributed by atoms with Gasteiger partial charge in [0, 0.05) is 16.7 Å². The summed E-state index contributed by atoms with van der Waals surface area (Å²) in [7, 11) is 1.49. The standard InChI is InChI=1S/C19H18O5/c1-10(2)11-4-6-15-16(8-11)24-19(22)14-7-5-12(23-3)9-13(14)17(20)18(15,19)21/h4-10,21-22H,1-3H3. The second kappa shape index (κ2) is 4.59. The highest BCUT2D eigenvalue weighted by Gasteiger charge is 2.70. The summed E-state index contributed by atoms with van der Waals surface area (Å²) in [6.07, 6.45) is 0. The molecule has 0 saturated carbocycles. The molecule has 1 aliphatic carbocycles. The van der Waals surface area contributed by atoms with Crippen molar-refractivity contribution in [2.75, 3.05) is 7.11 Å². The Labute approximate surface area is 139 Å². The Morgan fingerprint density at radius 2 is 1.79 bits per heavy atom. The number of aliphatic hydroxyl groups is 2. The first-order valence-electron chi connectivity index (χ1n) is 7.84. The number of hydrogen-bond donors (Lipinski definition) is 2. The van der Waals surface area contributed by atoms with Crippen molar-refractivity contribution < 1.29 is 24.5 Å². The van der Waals surface area contributed by atoms with Gasteiger partial charge in [0.05, 0.1) is 7.11 Å². The molecule has 1 aliphatic heterocycles. The third-order valence-electron chi connectivity index (χ3n) is 4.98. The third kappa shape index (κ3) is 1.58. The van der Waals surface area contributed by atoms with Gasteiger partial charge in [0.2, 0.25) is 11.4 Å². The molecule has 2 aliphatic rings. The highest BCUT2D eigenvalue weighted by molar-refractivity contribution is 6.09. The SMILES string of the molecule is COc1ccc2c(c1)C(=O)C1(O)c3ccc(C(C)C)cc3OC21O. The molecule has 0 saturated heterocycles. The number of hydrogen-bond acceptors (Lipinski definition) is 5. The second-order valence-electron chi connectivity index (χ2n) is 6.61. The van der Waals surface area contributed by atoms with E-state index in [2.05, 4.69) is 0 Å². The van der Waals surface area contributed by atoms with Crippen LogP contribution in [-0.2, 0) is 11.4 Å². The van der Waals surface area contributed by atoms with E-state index in [1.165, 1.54) is 13.2 Å². The number of Topliss-reactive ketones (excluding diaryl/α,β-unsaturated/α-hetero) is 1. The van der Waals surface area contributed by atoms with Crippen LogP contribution < -0.4 is 9.47 Å². The molecule has 1 heterocycles. The van der Waals surface area contributed by atoms with Gasteiger partial charge in [0.25, 0.3) is 5.79 Å². The van der Waals surface area contributed by atoms with Crippen molar-refractivity contribution >= 4 is 5.78 Å². The van der Waals surface area contributed by atoms with Crippen LogP contribution >= 0.6 is 0 Å². The average Bonchev–Trinajstić information content (AvgIpc) is 2.90. The number of fused-ring (bicyclic) bond motifs is 5. The topological polar surface area (TPSA) is 76.0 Å². The predicted octanol–water partition coefficient (Wildman–Crippen LogP) is 2.44. The molecule has 2 aromatic rings. The molecule has 0 radical (unpaired) electrons. The van der Waals surface area contributed by atoms with Gasteiger partial charge in [-0.25, -0.2) is 0 Å². The molecule has 0 spiro atoms. The molecule has 24 heavy (non-hydrogen) atoms. The van der Waals surface area contributed by atoms with Crippen molar-refractivity contribution in [2.24, 2.45) is 0 Å². The summed E-state index contributed by atoms with van der Waals surface area (Å²) >= 11 is 0. The summed E-state index contributed by atoms with van der Waals surface area (Å²) in [5.41, 5.74) is -0.402. The van der Waals surface area contributed by atoms with E-state index in [1.807, 2.05) is 19.9 Å². The molecule has 0 aromatic heterocycles. The van der Waals surface area contributed by atoms with Crippen molar-refractivity contribution in [3.8, 4) is 11.5 Å². The molecule has 2 unspecified atom stereocenters. The van der Waals surface area contributed by atoms with Crippen molar-refractivity contribution in [2.45, 2.75) is 31.2 Å². The fourth-order valence-electron chi connectivity index (χ4n) is 3.55. The summed E-state index contributed by atoms with van der Waals surface area (Å²) in [6.45, 7) is 4.07. The molecular formula is C19H18O5. The molecule has 4 rings (SSSR count). The maximum Gasteiger partial charge on any atom is 0.276 e. The van der Waals surface area contributed by atoms with Gasteiger partial charge >= 0.3 is 0 Å². The van der Waals surface area contributed by atoms with Crippen LogP contribution in [0.5, 0.6) is 11.5 Å². The minimum absolute atomic E-state index is 0.206. The molecule has 2 atom stereocenters. The molecule has 5 nitrogen and oxygen atoms in total. The molecule has 0 bridgehead atoms. The summed E-state index contributed by atoms with van der Waals surface area (Å²) < 4.78 is 10.9. The Balaban J connectivity index is 1.93. The molecule has 0 amide bonds. The molecule has 0 fully saturated rings. The Bertz CT molecular complexity index is 872. The summed E-state index contributed by atoms with van der Waals surface area (Å²) in [4.78, 5) is 12.9.